The second kappa shape index (κ2) is 8.03. The first-order valence-corrected chi connectivity index (χ1v) is 9.89. The highest BCUT2D eigenvalue weighted by Crippen LogP contribution is 2.27. The van der Waals surface area contributed by atoms with Crippen LogP contribution in [-0.2, 0) is 14.8 Å². The third-order valence-electron chi connectivity index (χ3n) is 4.26. The van der Waals surface area contributed by atoms with Gasteiger partial charge in [0.05, 0.1) is 4.90 Å². The van der Waals surface area contributed by atoms with Crippen LogP contribution in [0, 0.1) is 0 Å². The fraction of sp³-hybridized carbons (Fsp3) is 0.333. The second-order valence-corrected chi connectivity index (χ2v) is 8.16. The van der Waals surface area contributed by atoms with Gasteiger partial charge < -0.3 is 20.5 Å². The molecule has 1 aromatic carbocycles. The Kier molecular flexibility index (Phi) is 5.77. The van der Waals surface area contributed by atoms with Gasteiger partial charge in [0.25, 0.3) is 0 Å². The first-order chi connectivity index (χ1) is 14.4. The van der Waals surface area contributed by atoms with E-state index in [4.69, 9.17) is 5.73 Å². The molecule has 1 amide bonds. The summed E-state index contributed by atoms with van der Waals surface area (Å²) in [5, 5.41) is 13.1. The molecule has 1 aliphatic heterocycles. The van der Waals surface area contributed by atoms with Gasteiger partial charge >= 0.3 is 18.4 Å². The van der Waals surface area contributed by atoms with Crippen molar-refractivity contribution in [1.82, 2.24) is 24.0 Å². The average Bonchev–Trinajstić information content (AvgIpc) is 3.12. The van der Waals surface area contributed by atoms with Crippen molar-refractivity contribution in [3.05, 3.63) is 30.6 Å². The van der Waals surface area contributed by atoms with Crippen LogP contribution < -0.4 is 10.5 Å². The second-order valence-electron chi connectivity index (χ2n) is 6.26. The number of sulfonamides is 1. The van der Waals surface area contributed by atoms with Crippen LogP contribution in [-0.4, -0.2) is 81.5 Å². The van der Waals surface area contributed by atoms with Crippen molar-refractivity contribution >= 4 is 28.0 Å². The Labute approximate surface area is 172 Å². The van der Waals surface area contributed by atoms with Crippen molar-refractivity contribution in [1.29, 1.82) is 0 Å². The first-order valence-electron chi connectivity index (χ1n) is 8.45. The van der Waals surface area contributed by atoms with Crippen molar-refractivity contribution in [3.8, 4) is 5.75 Å². The first kappa shape index (κ1) is 22.3. The normalized spacial score (nSPS) is 18.0. The largest absolute Gasteiger partial charge is 0.573 e. The van der Waals surface area contributed by atoms with Gasteiger partial charge in [-0.2, -0.15) is 8.99 Å². The Bertz CT molecular complexity index is 1090. The highest BCUT2D eigenvalue weighted by atomic mass is 32.2. The molecule has 3 rings (SSSR count). The maximum Gasteiger partial charge on any atom is 0.573 e. The van der Waals surface area contributed by atoms with E-state index in [1.54, 1.807) is 0 Å². The number of anilines is 1. The molecule has 0 bridgehead atoms. The van der Waals surface area contributed by atoms with Gasteiger partial charge in [-0.3, -0.25) is 4.79 Å². The maximum atomic E-state index is 12.9. The summed E-state index contributed by atoms with van der Waals surface area (Å²) in [4.78, 5) is 28.4. The monoisotopic (exact) mass is 464 g/mol. The molecular formula is C15H15F3N6O6S. The average molecular weight is 464 g/mol. The number of nitrogen functional groups attached to an aromatic ring is 1. The number of piperazine rings is 1. The van der Waals surface area contributed by atoms with Crippen molar-refractivity contribution < 1.29 is 41.0 Å². The number of hydrogen-bond donors (Lipinski definition) is 2. The molecule has 1 atom stereocenters. The zero-order valence-corrected chi connectivity index (χ0v) is 16.2. The van der Waals surface area contributed by atoms with Crippen LogP contribution in [0.3, 0.4) is 0 Å². The number of rotatable bonds is 4. The Morgan fingerprint density at radius 1 is 1.19 bits per heavy atom. The molecule has 1 fully saturated rings. The van der Waals surface area contributed by atoms with E-state index in [1.807, 2.05) is 0 Å². The SMILES string of the molecule is Nc1ncn(C(=O)N2CCN(S(=O)(=O)c3ccc(OC(F)(F)F)cc3)[C@@H](C(=O)O)C2)n1. The number of halogens is 3. The Morgan fingerprint density at radius 3 is 2.35 bits per heavy atom. The number of nitrogens with two attached hydrogens (primary N) is 1. The van der Waals surface area contributed by atoms with Crippen LogP contribution in [0.5, 0.6) is 5.75 Å². The van der Waals surface area contributed by atoms with E-state index in [-0.39, 0.29) is 19.0 Å². The van der Waals surface area contributed by atoms with Gasteiger partial charge in [0, 0.05) is 19.6 Å². The molecule has 1 saturated heterocycles. The summed E-state index contributed by atoms with van der Waals surface area (Å²) in [6.07, 6.45) is -3.92. The topological polar surface area (TPSA) is 161 Å². The number of carbonyl (C=O) groups is 2. The zero-order chi connectivity index (χ0) is 23.0. The molecule has 0 spiro atoms. The minimum atomic E-state index is -4.95. The molecule has 2 aromatic rings. The van der Waals surface area contributed by atoms with E-state index < -0.39 is 51.6 Å². The third kappa shape index (κ3) is 4.85. The lowest BCUT2D eigenvalue weighted by atomic mass is 10.2. The molecule has 0 saturated carbocycles. The molecule has 0 aliphatic carbocycles. The van der Waals surface area contributed by atoms with E-state index in [1.165, 1.54) is 0 Å². The van der Waals surface area contributed by atoms with Crippen molar-refractivity contribution in [2.45, 2.75) is 17.3 Å². The minimum absolute atomic E-state index is 0.170. The standard InChI is InChI=1S/C15H15F3N6O6S/c16-15(17,18)30-9-1-3-10(4-2-9)31(28,29)24-6-5-22(7-11(24)12(25)26)14(27)23-8-20-13(19)21-23/h1-4,8,11H,5-7H2,(H2,19,21)(H,25,26)/t11-/m1/s1. The number of benzene rings is 1. The summed E-state index contributed by atoms with van der Waals surface area (Å²) in [6, 6.07) is 0.933. The number of alkyl halides is 3. The molecule has 16 heteroatoms. The number of ether oxygens (including phenoxy) is 1. The van der Waals surface area contributed by atoms with Gasteiger partial charge in [-0.15, -0.1) is 18.3 Å². The van der Waals surface area contributed by atoms with Crippen molar-refractivity contribution in [3.63, 3.8) is 0 Å². The fourth-order valence-corrected chi connectivity index (χ4v) is 4.46. The lowest BCUT2D eigenvalue weighted by Gasteiger charge is -2.38. The maximum absolute atomic E-state index is 12.9. The summed E-state index contributed by atoms with van der Waals surface area (Å²) in [5.41, 5.74) is 5.34. The third-order valence-corrected chi connectivity index (χ3v) is 6.18. The number of hydrogen-bond acceptors (Lipinski definition) is 8. The number of carboxylic acid groups (broad SMARTS) is 1. The van der Waals surface area contributed by atoms with Gasteiger partial charge in [-0.1, -0.05) is 0 Å². The van der Waals surface area contributed by atoms with Gasteiger partial charge in [-0.25, -0.2) is 18.2 Å². The predicted octanol–water partition coefficient (Wildman–Crippen LogP) is 0.187. The fourth-order valence-electron chi connectivity index (χ4n) is 2.89. The van der Waals surface area contributed by atoms with Crippen LogP contribution in [0.4, 0.5) is 23.9 Å². The summed E-state index contributed by atoms with van der Waals surface area (Å²) in [5.74, 6) is -2.33. The van der Waals surface area contributed by atoms with Crippen LogP contribution in [0.25, 0.3) is 0 Å². The summed E-state index contributed by atoms with van der Waals surface area (Å²) in [6.45, 7) is -1.05. The molecule has 1 aromatic heterocycles. The summed E-state index contributed by atoms with van der Waals surface area (Å²) < 4.78 is 67.7. The van der Waals surface area contributed by atoms with Gasteiger partial charge in [-0.05, 0) is 24.3 Å². The molecule has 0 radical (unpaired) electrons. The van der Waals surface area contributed by atoms with Gasteiger partial charge in [0.1, 0.15) is 18.1 Å². The molecule has 1 aliphatic rings. The van der Waals surface area contributed by atoms with E-state index in [0.717, 1.165) is 40.2 Å². The quantitative estimate of drug-likeness (QED) is 0.643. The van der Waals surface area contributed by atoms with E-state index in [9.17, 15) is 36.3 Å². The predicted molar refractivity (Wildman–Crippen MR) is 95.2 cm³/mol. The Morgan fingerprint density at radius 2 is 1.84 bits per heavy atom. The summed E-state index contributed by atoms with van der Waals surface area (Å²) in [7, 11) is -4.40. The lowest BCUT2D eigenvalue weighted by Crippen LogP contribution is -2.59. The lowest BCUT2D eigenvalue weighted by molar-refractivity contribution is -0.274. The van der Waals surface area contributed by atoms with E-state index in [0.29, 0.717) is 4.31 Å². The highest BCUT2D eigenvalue weighted by Gasteiger charge is 2.42. The van der Waals surface area contributed by atoms with Crippen molar-refractivity contribution in [2.75, 3.05) is 25.4 Å². The zero-order valence-electron chi connectivity index (χ0n) is 15.4. The molecule has 31 heavy (non-hydrogen) atoms. The molecule has 12 nitrogen and oxygen atoms in total. The van der Waals surface area contributed by atoms with Crippen LogP contribution in [0.2, 0.25) is 0 Å². The Hall–Kier alpha value is -3.40. The van der Waals surface area contributed by atoms with Gasteiger partial charge in [0.2, 0.25) is 16.0 Å². The van der Waals surface area contributed by atoms with E-state index in [2.05, 4.69) is 14.8 Å². The van der Waals surface area contributed by atoms with E-state index >= 15 is 0 Å². The number of amides is 1. The van der Waals surface area contributed by atoms with Gasteiger partial charge in [0.15, 0.2) is 0 Å². The smallest absolute Gasteiger partial charge is 0.480 e. The van der Waals surface area contributed by atoms with Crippen LogP contribution in [0.15, 0.2) is 35.5 Å². The number of nitrogens with zero attached hydrogens (tertiary/aromatic N) is 5. The number of aromatic nitrogens is 3. The van der Waals surface area contributed by atoms with Crippen LogP contribution >= 0.6 is 0 Å². The molecular weight excluding hydrogens is 449 g/mol. The minimum Gasteiger partial charge on any atom is -0.480 e. The van der Waals surface area contributed by atoms with Crippen molar-refractivity contribution in [2.24, 2.45) is 0 Å². The number of carboxylic acids is 1. The Balaban J connectivity index is 1.81. The number of carbonyl (C=O) groups excluding carboxylic acids is 1. The highest BCUT2D eigenvalue weighted by molar-refractivity contribution is 7.89. The molecule has 0 unspecified atom stereocenters. The molecule has 2 heterocycles. The van der Waals surface area contributed by atoms with Crippen LogP contribution in [0.1, 0.15) is 0 Å². The summed E-state index contributed by atoms with van der Waals surface area (Å²) >= 11 is 0. The molecule has 168 valence electrons. The number of aliphatic carboxylic acids is 1. The molecule has 3 N–H and O–H groups in total.